The number of amides is 1. The minimum Gasteiger partial charge on any atom is -0.497 e. The molecule has 0 heterocycles. The maximum Gasteiger partial charge on any atom is 0.250 e. The number of nitrogens with one attached hydrogen (secondary N) is 1. The third-order valence-corrected chi connectivity index (χ3v) is 2.77. The maximum absolute atomic E-state index is 11.3. The molecule has 0 fully saturated rings. The molecule has 0 aromatic heterocycles. The fourth-order valence-electron chi connectivity index (χ4n) is 1.48. The summed E-state index contributed by atoms with van der Waals surface area (Å²) in [5.41, 5.74) is 3.26. The van der Waals surface area contributed by atoms with E-state index in [9.17, 15) is 4.79 Å². The van der Waals surface area contributed by atoms with E-state index in [4.69, 9.17) is 10.6 Å². The Kier molecular flexibility index (Phi) is 4.93. The molecule has 1 amide bonds. The predicted octanol–water partition coefficient (Wildman–Crippen LogP) is 0.505. The number of carbonyl (C=O) groups is 1. The molecule has 0 saturated heterocycles. The van der Waals surface area contributed by atoms with E-state index in [1.165, 1.54) is 0 Å². The molecule has 1 aromatic carbocycles. The second-order valence-corrected chi connectivity index (χ2v) is 3.95. The van der Waals surface area contributed by atoms with Gasteiger partial charge in [0.05, 0.1) is 13.2 Å². The number of nitrogens with two attached hydrogens (primary N) is 1. The molecule has 5 heteroatoms. The van der Waals surface area contributed by atoms with Gasteiger partial charge in [0.2, 0.25) is 0 Å². The summed E-state index contributed by atoms with van der Waals surface area (Å²) in [6, 6.07) is 7.49. The number of hydrogen-bond donors (Lipinski definition) is 2. The Labute approximate surface area is 102 Å². The van der Waals surface area contributed by atoms with Crippen molar-refractivity contribution in [3.05, 3.63) is 29.8 Å². The van der Waals surface area contributed by atoms with Crippen molar-refractivity contribution in [3.63, 3.8) is 0 Å². The molecule has 1 unspecified atom stereocenters. The first-order valence-corrected chi connectivity index (χ1v) is 5.42. The Hall–Kier alpha value is -1.59. The van der Waals surface area contributed by atoms with Crippen molar-refractivity contribution < 1.29 is 9.53 Å². The summed E-state index contributed by atoms with van der Waals surface area (Å²) in [4.78, 5) is 13.3. The molecule has 0 radical (unpaired) electrons. The average Bonchev–Trinajstić information content (AvgIpc) is 2.37. The molecule has 0 spiro atoms. The van der Waals surface area contributed by atoms with Crippen LogP contribution in [-0.4, -0.2) is 31.0 Å². The van der Waals surface area contributed by atoms with Crippen LogP contribution in [0.25, 0.3) is 0 Å². The van der Waals surface area contributed by atoms with Crippen molar-refractivity contribution in [2.45, 2.75) is 19.5 Å². The van der Waals surface area contributed by atoms with Gasteiger partial charge in [-0.1, -0.05) is 12.1 Å². The van der Waals surface area contributed by atoms with Crippen LogP contribution in [0.5, 0.6) is 5.75 Å². The Morgan fingerprint density at radius 3 is 2.53 bits per heavy atom. The van der Waals surface area contributed by atoms with E-state index in [1.54, 1.807) is 7.11 Å². The number of nitrogens with zero attached hydrogens (tertiary/aromatic N) is 1. The molecule has 0 aliphatic rings. The van der Waals surface area contributed by atoms with Gasteiger partial charge in [0.25, 0.3) is 5.91 Å². The lowest BCUT2D eigenvalue weighted by molar-refractivity contribution is -0.125. The van der Waals surface area contributed by atoms with Gasteiger partial charge in [0.1, 0.15) is 5.75 Å². The maximum atomic E-state index is 11.3. The highest BCUT2D eigenvalue weighted by Crippen LogP contribution is 2.13. The van der Waals surface area contributed by atoms with Gasteiger partial charge >= 0.3 is 0 Å². The number of hydrazine groups is 1. The first kappa shape index (κ1) is 13.5. The predicted molar refractivity (Wildman–Crippen MR) is 66.3 cm³/mol. The number of hydrogen-bond acceptors (Lipinski definition) is 4. The van der Waals surface area contributed by atoms with E-state index >= 15 is 0 Å². The van der Waals surface area contributed by atoms with Gasteiger partial charge in [-0.3, -0.25) is 15.1 Å². The SMILES string of the molecule is COc1ccc(CN(C)C(C)C(=O)NN)cc1. The number of likely N-dealkylation sites (N-methyl/N-ethyl adjacent to an activating group) is 1. The van der Waals surface area contributed by atoms with Crippen LogP contribution in [0.4, 0.5) is 0 Å². The topological polar surface area (TPSA) is 67.6 Å². The van der Waals surface area contributed by atoms with Crippen molar-refractivity contribution in [2.75, 3.05) is 14.2 Å². The molecule has 94 valence electrons. The van der Waals surface area contributed by atoms with Crippen LogP contribution in [0, 0.1) is 0 Å². The number of carbonyl (C=O) groups excluding carboxylic acids is 1. The van der Waals surface area contributed by atoms with E-state index < -0.39 is 0 Å². The first-order chi connectivity index (χ1) is 8.08. The molecule has 0 bridgehead atoms. The largest absolute Gasteiger partial charge is 0.497 e. The average molecular weight is 237 g/mol. The summed E-state index contributed by atoms with van der Waals surface area (Å²) in [7, 11) is 3.51. The monoisotopic (exact) mass is 237 g/mol. The fourth-order valence-corrected chi connectivity index (χ4v) is 1.48. The lowest BCUT2D eigenvalue weighted by Gasteiger charge is -2.23. The van der Waals surface area contributed by atoms with Crippen molar-refractivity contribution in [3.8, 4) is 5.75 Å². The van der Waals surface area contributed by atoms with Crippen LogP contribution in [0.2, 0.25) is 0 Å². The molecule has 1 atom stereocenters. The second kappa shape index (κ2) is 6.22. The minimum atomic E-state index is -0.262. The Bertz CT molecular complexity index is 365. The summed E-state index contributed by atoms with van der Waals surface area (Å²) in [5, 5.41) is 0. The molecular formula is C12H19N3O2. The summed E-state index contributed by atoms with van der Waals surface area (Å²) in [5.74, 6) is 5.73. The zero-order valence-corrected chi connectivity index (χ0v) is 10.4. The summed E-state index contributed by atoms with van der Waals surface area (Å²) in [6.07, 6.45) is 0. The van der Waals surface area contributed by atoms with Gasteiger partial charge in [-0.2, -0.15) is 0 Å². The van der Waals surface area contributed by atoms with Gasteiger partial charge < -0.3 is 4.74 Å². The highest BCUT2D eigenvalue weighted by atomic mass is 16.5. The summed E-state index contributed by atoms with van der Waals surface area (Å²) >= 11 is 0. The lowest BCUT2D eigenvalue weighted by atomic mass is 10.2. The van der Waals surface area contributed by atoms with Gasteiger partial charge in [-0.05, 0) is 31.7 Å². The zero-order valence-electron chi connectivity index (χ0n) is 10.4. The normalized spacial score (nSPS) is 12.3. The molecule has 1 rings (SSSR count). The first-order valence-electron chi connectivity index (χ1n) is 5.42. The van der Waals surface area contributed by atoms with Crippen LogP contribution in [0.1, 0.15) is 12.5 Å². The molecule has 0 aliphatic carbocycles. The van der Waals surface area contributed by atoms with Crippen molar-refractivity contribution >= 4 is 5.91 Å². The second-order valence-electron chi connectivity index (χ2n) is 3.95. The zero-order chi connectivity index (χ0) is 12.8. The van der Waals surface area contributed by atoms with E-state index in [-0.39, 0.29) is 11.9 Å². The van der Waals surface area contributed by atoms with E-state index in [0.29, 0.717) is 6.54 Å². The molecule has 17 heavy (non-hydrogen) atoms. The van der Waals surface area contributed by atoms with Crippen LogP contribution < -0.4 is 16.0 Å². The number of methoxy groups -OCH3 is 1. The minimum absolute atomic E-state index is 0.194. The van der Waals surface area contributed by atoms with Crippen LogP contribution in [-0.2, 0) is 11.3 Å². The third kappa shape index (κ3) is 3.72. The van der Waals surface area contributed by atoms with Gasteiger partial charge in [-0.25, -0.2) is 5.84 Å². The van der Waals surface area contributed by atoms with Crippen molar-refractivity contribution in [1.82, 2.24) is 10.3 Å². The van der Waals surface area contributed by atoms with Crippen molar-refractivity contribution in [2.24, 2.45) is 5.84 Å². The number of ether oxygens (including phenoxy) is 1. The summed E-state index contributed by atoms with van der Waals surface area (Å²) in [6.45, 7) is 2.49. The number of rotatable bonds is 5. The highest BCUT2D eigenvalue weighted by molar-refractivity contribution is 5.80. The fraction of sp³-hybridized carbons (Fsp3) is 0.417. The quantitative estimate of drug-likeness (QED) is 0.445. The molecule has 3 N–H and O–H groups in total. The van der Waals surface area contributed by atoms with Crippen LogP contribution in [0.15, 0.2) is 24.3 Å². The standard InChI is InChI=1S/C12H19N3O2/c1-9(12(16)14-13)15(2)8-10-4-6-11(17-3)7-5-10/h4-7,9H,8,13H2,1-3H3,(H,14,16). The van der Waals surface area contributed by atoms with Crippen LogP contribution >= 0.6 is 0 Å². The molecular weight excluding hydrogens is 218 g/mol. The van der Waals surface area contributed by atoms with E-state index in [1.807, 2.05) is 43.1 Å². The van der Waals surface area contributed by atoms with Crippen molar-refractivity contribution in [1.29, 1.82) is 0 Å². The molecule has 0 aliphatic heterocycles. The Morgan fingerprint density at radius 1 is 1.47 bits per heavy atom. The third-order valence-electron chi connectivity index (χ3n) is 2.77. The lowest BCUT2D eigenvalue weighted by Crippen LogP contribution is -2.45. The molecule has 1 aromatic rings. The van der Waals surface area contributed by atoms with Gasteiger partial charge in [-0.15, -0.1) is 0 Å². The number of benzene rings is 1. The van der Waals surface area contributed by atoms with Crippen LogP contribution in [0.3, 0.4) is 0 Å². The smallest absolute Gasteiger partial charge is 0.250 e. The van der Waals surface area contributed by atoms with Gasteiger partial charge in [0.15, 0.2) is 0 Å². The van der Waals surface area contributed by atoms with E-state index in [0.717, 1.165) is 11.3 Å². The highest BCUT2D eigenvalue weighted by Gasteiger charge is 2.16. The molecule has 5 nitrogen and oxygen atoms in total. The summed E-state index contributed by atoms with van der Waals surface area (Å²) < 4.78 is 5.08. The Balaban J connectivity index is 2.60. The Morgan fingerprint density at radius 2 is 2.06 bits per heavy atom. The van der Waals surface area contributed by atoms with E-state index in [2.05, 4.69) is 5.43 Å². The molecule has 0 saturated carbocycles. The van der Waals surface area contributed by atoms with Gasteiger partial charge in [0, 0.05) is 6.54 Å².